The molecule has 1 heterocycles. The van der Waals surface area contributed by atoms with E-state index in [-0.39, 0.29) is 11.9 Å². The number of aromatic nitrogens is 2. The predicted molar refractivity (Wildman–Crippen MR) is 60.5 cm³/mol. The monoisotopic (exact) mass is 219 g/mol. The standard InChI is InChI=1S/C12H14FN3/c1-2-14-12(11-7-8-15-16-11)9-3-5-10(13)6-4-9/h3-8,12,14H,2H2,1H3,(H,15,16). The first kappa shape index (κ1) is 10.8. The number of hydrogen-bond donors (Lipinski definition) is 2. The van der Waals surface area contributed by atoms with Gasteiger partial charge in [-0.3, -0.25) is 5.10 Å². The molecule has 0 radical (unpaired) electrons. The molecule has 1 unspecified atom stereocenters. The minimum Gasteiger partial charge on any atom is -0.305 e. The van der Waals surface area contributed by atoms with Crippen LogP contribution in [0.2, 0.25) is 0 Å². The molecule has 0 saturated heterocycles. The Morgan fingerprint density at radius 3 is 2.62 bits per heavy atom. The van der Waals surface area contributed by atoms with Crippen LogP contribution in [0, 0.1) is 5.82 Å². The summed E-state index contributed by atoms with van der Waals surface area (Å²) in [7, 11) is 0. The van der Waals surface area contributed by atoms with Crippen molar-refractivity contribution < 1.29 is 4.39 Å². The highest BCUT2D eigenvalue weighted by Crippen LogP contribution is 2.19. The second-order valence-corrected chi connectivity index (χ2v) is 3.55. The molecule has 1 aromatic heterocycles. The van der Waals surface area contributed by atoms with Gasteiger partial charge in [0, 0.05) is 6.20 Å². The second kappa shape index (κ2) is 4.90. The number of nitrogens with one attached hydrogen (secondary N) is 2. The van der Waals surface area contributed by atoms with Gasteiger partial charge in [0.25, 0.3) is 0 Å². The van der Waals surface area contributed by atoms with E-state index in [9.17, 15) is 4.39 Å². The molecule has 0 aliphatic carbocycles. The maximum atomic E-state index is 12.8. The van der Waals surface area contributed by atoms with Crippen molar-refractivity contribution in [3.63, 3.8) is 0 Å². The highest BCUT2D eigenvalue weighted by Gasteiger charge is 2.13. The van der Waals surface area contributed by atoms with E-state index in [1.54, 1.807) is 18.3 Å². The molecule has 1 atom stereocenters. The topological polar surface area (TPSA) is 40.7 Å². The smallest absolute Gasteiger partial charge is 0.123 e. The van der Waals surface area contributed by atoms with Gasteiger partial charge in [-0.2, -0.15) is 5.10 Å². The number of benzene rings is 1. The van der Waals surface area contributed by atoms with Crippen molar-refractivity contribution in [1.82, 2.24) is 15.5 Å². The summed E-state index contributed by atoms with van der Waals surface area (Å²) >= 11 is 0. The molecule has 2 aromatic rings. The summed E-state index contributed by atoms with van der Waals surface area (Å²) in [5.41, 5.74) is 2.00. The van der Waals surface area contributed by atoms with E-state index >= 15 is 0 Å². The van der Waals surface area contributed by atoms with Crippen LogP contribution in [0.3, 0.4) is 0 Å². The summed E-state index contributed by atoms with van der Waals surface area (Å²) in [6, 6.07) is 8.45. The van der Waals surface area contributed by atoms with Crippen LogP contribution in [-0.2, 0) is 0 Å². The molecule has 0 aliphatic rings. The fourth-order valence-electron chi connectivity index (χ4n) is 1.69. The van der Waals surface area contributed by atoms with Crippen LogP contribution in [-0.4, -0.2) is 16.7 Å². The lowest BCUT2D eigenvalue weighted by Gasteiger charge is -2.16. The van der Waals surface area contributed by atoms with Crippen LogP contribution >= 0.6 is 0 Å². The van der Waals surface area contributed by atoms with E-state index in [4.69, 9.17) is 0 Å². The third-order valence-corrected chi connectivity index (χ3v) is 2.44. The first-order valence-corrected chi connectivity index (χ1v) is 5.29. The van der Waals surface area contributed by atoms with Crippen LogP contribution in [0.4, 0.5) is 4.39 Å². The third-order valence-electron chi connectivity index (χ3n) is 2.44. The van der Waals surface area contributed by atoms with Gasteiger partial charge >= 0.3 is 0 Å². The Hall–Kier alpha value is -1.68. The Bertz CT molecular complexity index is 422. The maximum Gasteiger partial charge on any atom is 0.123 e. The highest BCUT2D eigenvalue weighted by molar-refractivity contribution is 5.27. The Kier molecular flexibility index (Phi) is 3.31. The zero-order chi connectivity index (χ0) is 11.4. The summed E-state index contributed by atoms with van der Waals surface area (Å²) in [5, 5.41) is 10.2. The molecule has 1 aromatic carbocycles. The summed E-state index contributed by atoms with van der Waals surface area (Å²) in [4.78, 5) is 0. The van der Waals surface area contributed by atoms with Gasteiger partial charge in [0.2, 0.25) is 0 Å². The van der Waals surface area contributed by atoms with E-state index in [0.717, 1.165) is 17.8 Å². The summed E-state index contributed by atoms with van der Waals surface area (Å²) < 4.78 is 12.8. The van der Waals surface area contributed by atoms with Gasteiger partial charge in [-0.15, -0.1) is 0 Å². The van der Waals surface area contributed by atoms with Crippen LogP contribution in [0.1, 0.15) is 24.2 Å². The van der Waals surface area contributed by atoms with Gasteiger partial charge in [0.15, 0.2) is 0 Å². The molecule has 2 N–H and O–H groups in total. The lowest BCUT2D eigenvalue weighted by atomic mass is 10.0. The fourth-order valence-corrected chi connectivity index (χ4v) is 1.69. The van der Waals surface area contributed by atoms with E-state index < -0.39 is 0 Å². The molecule has 0 bridgehead atoms. The lowest BCUT2D eigenvalue weighted by molar-refractivity contribution is 0.604. The fraction of sp³-hybridized carbons (Fsp3) is 0.250. The Morgan fingerprint density at radius 1 is 1.31 bits per heavy atom. The molecule has 84 valence electrons. The maximum absolute atomic E-state index is 12.8. The second-order valence-electron chi connectivity index (χ2n) is 3.55. The molecule has 0 saturated carbocycles. The van der Waals surface area contributed by atoms with Gasteiger partial charge < -0.3 is 5.32 Å². The van der Waals surface area contributed by atoms with E-state index in [1.165, 1.54) is 12.1 Å². The van der Waals surface area contributed by atoms with Crippen LogP contribution in [0.25, 0.3) is 0 Å². The Morgan fingerprint density at radius 2 is 2.06 bits per heavy atom. The number of H-pyrrole nitrogens is 1. The molecule has 2 rings (SSSR count). The van der Waals surface area contributed by atoms with E-state index in [2.05, 4.69) is 15.5 Å². The molecule has 0 spiro atoms. The number of nitrogens with zero attached hydrogens (tertiary/aromatic N) is 1. The average Bonchev–Trinajstić information content (AvgIpc) is 2.81. The van der Waals surface area contributed by atoms with Gasteiger partial charge in [-0.1, -0.05) is 19.1 Å². The molecule has 0 fully saturated rings. The quantitative estimate of drug-likeness (QED) is 0.828. The van der Waals surface area contributed by atoms with Crippen molar-refractivity contribution in [3.8, 4) is 0 Å². The minimum atomic E-state index is -0.219. The molecule has 16 heavy (non-hydrogen) atoms. The number of aromatic amines is 1. The number of rotatable bonds is 4. The van der Waals surface area contributed by atoms with Gasteiger partial charge in [0.1, 0.15) is 5.82 Å². The first-order valence-electron chi connectivity index (χ1n) is 5.29. The van der Waals surface area contributed by atoms with Gasteiger partial charge in [0.05, 0.1) is 11.7 Å². The van der Waals surface area contributed by atoms with Crippen LogP contribution in [0.5, 0.6) is 0 Å². The summed E-state index contributed by atoms with van der Waals surface area (Å²) in [5.74, 6) is -0.219. The zero-order valence-electron chi connectivity index (χ0n) is 9.07. The largest absolute Gasteiger partial charge is 0.305 e. The third kappa shape index (κ3) is 2.28. The molecule has 3 nitrogen and oxygen atoms in total. The summed E-state index contributed by atoms with van der Waals surface area (Å²) in [6.07, 6.45) is 1.71. The summed E-state index contributed by atoms with van der Waals surface area (Å²) in [6.45, 7) is 2.87. The van der Waals surface area contributed by atoms with E-state index in [0.29, 0.717) is 0 Å². The van der Waals surface area contributed by atoms with Crippen molar-refractivity contribution in [2.75, 3.05) is 6.54 Å². The average molecular weight is 219 g/mol. The van der Waals surface area contributed by atoms with E-state index in [1.807, 2.05) is 13.0 Å². The molecule has 0 aliphatic heterocycles. The van der Waals surface area contributed by atoms with Crippen molar-refractivity contribution in [2.24, 2.45) is 0 Å². The van der Waals surface area contributed by atoms with Crippen LogP contribution < -0.4 is 5.32 Å². The number of hydrogen-bond acceptors (Lipinski definition) is 2. The highest BCUT2D eigenvalue weighted by atomic mass is 19.1. The molecular weight excluding hydrogens is 205 g/mol. The predicted octanol–water partition coefficient (Wildman–Crippen LogP) is 2.25. The zero-order valence-corrected chi connectivity index (χ0v) is 9.07. The van der Waals surface area contributed by atoms with Gasteiger partial charge in [-0.25, -0.2) is 4.39 Å². The van der Waals surface area contributed by atoms with Crippen molar-refractivity contribution in [1.29, 1.82) is 0 Å². The SMILES string of the molecule is CCNC(c1ccc(F)cc1)c1ccn[nH]1. The van der Waals surface area contributed by atoms with Crippen molar-refractivity contribution in [2.45, 2.75) is 13.0 Å². The Labute approximate surface area is 93.7 Å². The first-order chi connectivity index (χ1) is 7.81. The molecule has 4 heteroatoms. The minimum absolute atomic E-state index is 0.0353. The van der Waals surface area contributed by atoms with Crippen molar-refractivity contribution >= 4 is 0 Å². The molecular formula is C12H14FN3. The van der Waals surface area contributed by atoms with Crippen molar-refractivity contribution in [3.05, 3.63) is 53.6 Å². The Balaban J connectivity index is 2.29. The molecule has 0 amide bonds. The lowest BCUT2D eigenvalue weighted by Crippen LogP contribution is -2.22. The van der Waals surface area contributed by atoms with Gasteiger partial charge in [-0.05, 0) is 30.3 Å². The van der Waals surface area contributed by atoms with Crippen LogP contribution in [0.15, 0.2) is 36.5 Å². The number of halogens is 1. The normalized spacial score (nSPS) is 12.6.